The average molecular weight is 337 g/mol. The van der Waals surface area contributed by atoms with Gasteiger partial charge in [-0.15, -0.1) is 0 Å². The molecule has 0 aromatic heterocycles. The molecule has 1 aliphatic heterocycles. The number of rotatable bonds is 5. The maximum absolute atomic E-state index is 11.9. The summed E-state index contributed by atoms with van der Waals surface area (Å²) in [6, 6.07) is 9.72. The van der Waals surface area contributed by atoms with Crippen LogP contribution < -0.4 is 0 Å². The molecule has 1 fully saturated rings. The fraction of sp³-hybridized carbons (Fsp3) is 0.471. The molecule has 0 unspecified atom stereocenters. The largest absolute Gasteiger partial charge is 0.463 e. The minimum Gasteiger partial charge on any atom is -0.463 e. The number of piperidine rings is 1. The molecule has 5 nitrogen and oxygen atoms in total. The Morgan fingerprint density at radius 3 is 2.39 bits per heavy atom. The van der Waals surface area contributed by atoms with Crippen LogP contribution in [-0.4, -0.2) is 44.6 Å². The van der Waals surface area contributed by atoms with Gasteiger partial charge in [0.2, 0.25) is 10.0 Å². The summed E-state index contributed by atoms with van der Waals surface area (Å²) in [7, 11) is -3.15. The summed E-state index contributed by atoms with van der Waals surface area (Å²) in [5.41, 5.74) is 1.91. The summed E-state index contributed by atoms with van der Waals surface area (Å²) in [5.74, 6) is -0.197. The van der Waals surface area contributed by atoms with Crippen LogP contribution in [-0.2, 0) is 19.6 Å². The Kier molecular flexibility index (Phi) is 5.96. The zero-order valence-electron chi connectivity index (χ0n) is 13.6. The first kappa shape index (κ1) is 17.7. The van der Waals surface area contributed by atoms with Crippen LogP contribution in [0.5, 0.6) is 0 Å². The number of ether oxygens (including phenoxy) is 1. The van der Waals surface area contributed by atoms with E-state index >= 15 is 0 Å². The molecule has 2 rings (SSSR count). The summed E-state index contributed by atoms with van der Waals surface area (Å²) < 4.78 is 29.8. The molecule has 1 aromatic carbocycles. The third-order valence-electron chi connectivity index (χ3n) is 4.03. The Bertz CT molecular complexity index is 659. The van der Waals surface area contributed by atoms with E-state index in [-0.39, 0.29) is 11.9 Å². The fourth-order valence-electron chi connectivity index (χ4n) is 2.88. The zero-order chi connectivity index (χ0) is 16.9. The average Bonchev–Trinajstić information content (AvgIpc) is 2.53. The number of carbonyl (C=O) groups excluding carboxylic acids is 1. The lowest BCUT2D eigenvalue weighted by Crippen LogP contribution is -2.38. The van der Waals surface area contributed by atoms with E-state index in [1.807, 2.05) is 30.3 Å². The van der Waals surface area contributed by atoms with Gasteiger partial charge in [0.05, 0.1) is 12.9 Å². The fourth-order valence-corrected chi connectivity index (χ4v) is 3.75. The second kappa shape index (κ2) is 7.75. The molecule has 1 aromatic rings. The highest BCUT2D eigenvalue weighted by Crippen LogP contribution is 2.32. The standard InChI is InChI=1S/C17H23NO4S/c1-3-22-17(19)13-16(14-7-5-4-6-8-14)15-9-11-18(12-10-15)23(2,20)21/h4-8,13,15H,3,9-12H2,1-2H3/b16-13-. The lowest BCUT2D eigenvalue weighted by atomic mass is 9.85. The number of nitrogens with zero attached hydrogens (tertiary/aromatic N) is 1. The Morgan fingerprint density at radius 2 is 1.87 bits per heavy atom. The van der Waals surface area contributed by atoms with Crippen molar-refractivity contribution in [3.63, 3.8) is 0 Å². The van der Waals surface area contributed by atoms with E-state index in [1.54, 1.807) is 13.0 Å². The SMILES string of the molecule is CCOC(=O)/C=C(/c1ccccc1)C1CCN(S(C)(=O)=O)CC1. The first-order valence-electron chi connectivity index (χ1n) is 7.80. The molecular formula is C17H23NO4S. The molecule has 23 heavy (non-hydrogen) atoms. The van der Waals surface area contributed by atoms with Crippen LogP contribution in [0.1, 0.15) is 25.3 Å². The summed E-state index contributed by atoms with van der Waals surface area (Å²) in [6.45, 7) is 3.08. The number of benzene rings is 1. The molecule has 0 saturated carbocycles. The smallest absolute Gasteiger partial charge is 0.331 e. The molecule has 0 N–H and O–H groups in total. The Balaban J connectivity index is 2.21. The summed E-state index contributed by atoms with van der Waals surface area (Å²) in [4.78, 5) is 11.9. The molecule has 6 heteroatoms. The van der Waals surface area contributed by atoms with E-state index in [0.29, 0.717) is 32.5 Å². The second-order valence-electron chi connectivity index (χ2n) is 5.65. The van der Waals surface area contributed by atoms with Crippen molar-refractivity contribution in [1.82, 2.24) is 4.31 Å². The predicted molar refractivity (Wildman–Crippen MR) is 90.2 cm³/mol. The summed E-state index contributed by atoms with van der Waals surface area (Å²) >= 11 is 0. The first-order valence-corrected chi connectivity index (χ1v) is 9.65. The van der Waals surface area contributed by atoms with Crippen LogP contribution in [0, 0.1) is 5.92 Å². The van der Waals surface area contributed by atoms with Crippen LogP contribution in [0.3, 0.4) is 0 Å². The third kappa shape index (κ3) is 4.91. The van der Waals surface area contributed by atoms with Gasteiger partial charge in [0.25, 0.3) is 0 Å². The number of carbonyl (C=O) groups is 1. The molecule has 0 amide bonds. The summed E-state index contributed by atoms with van der Waals surface area (Å²) in [5, 5.41) is 0. The van der Waals surface area contributed by atoms with Crippen molar-refractivity contribution in [2.24, 2.45) is 5.92 Å². The Labute approximate surface area is 138 Å². The van der Waals surface area contributed by atoms with Crippen molar-refractivity contribution >= 4 is 21.6 Å². The molecule has 126 valence electrons. The quantitative estimate of drug-likeness (QED) is 0.611. The van der Waals surface area contributed by atoms with Crippen LogP contribution in [0.15, 0.2) is 36.4 Å². The Hall–Kier alpha value is -1.66. The van der Waals surface area contributed by atoms with Gasteiger partial charge in [-0.25, -0.2) is 17.5 Å². The molecule has 1 heterocycles. The van der Waals surface area contributed by atoms with Crippen LogP contribution in [0.2, 0.25) is 0 Å². The normalized spacial score (nSPS) is 17.9. The molecule has 0 aliphatic carbocycles. The van der Waals surface area contributed by atoms with Gasteiger partial charge in [-0.2, -0.15) is 0 Å². The summed E-state index contributed by atoms with van der Waals surface area (Å²) in [6.07, 6.45) is 4.19. The van der Waals surface area contributed by atoms with Crippen molar-refractivity contribution in [3.05, 3.63) is 42.0 Å². The zero-order valence-corrected chi connectivity index (χ0v) is 14.4. The number of sulfonamides is 1. The van der Waals surface area contributed by atoms with Gasteiger partial charge in [0.15, 0.2) is 0 Å². The van der Waals surface area contributed by atoms with Gasteiger partial charge in [0.1, 0.15) is 0 Å². The number of allylic oxidation sites excluding steroid dienone is 1. The van der Waals surface area contributed by atoms with Gasteiger partial charge in [0, 0.05) is 19.2 Å². The molecule has 0 atom stereocenters. The molecule has 1 saturated heterocycles. The van der Waals surface area contributed by atoms with Crippen molar-refractivity contribution in [2.45, 2.75) is 19.8 Å². The van der Waals surface area contributed by atoms with E-state index in [9.17, 15) is 13.2 Å². The molecule has 1 aliphatic rings. The third-order valence-corrected chi connectivity index (χ3v) is 5.33. The topological polar surface area (TPSA) is 63.7 Å². The monoisotopic (exact) mass is 337 g/mol. The Morgan fingerprint density at radius 1 is 1.26 bits per heavy atom. The number of hydrogen-bond donors (Lipinski definition) is 0. The highest BCUT2D eigenvalue weighted by Gasteiger charge is 2.27. The predicted octanol–water partition coefficient (Wildman–Crippen LogP) is 2.30. The second-order valence-corrected chi connectivity index (χ2v) is 7.64. The number of esters is 1. The van der Waals surface area contributed by atoms with Gasteiger partial charge in [-0.05, 0) is 36.8 Å². The van der Waals surface area contributed by atoms with Crippen LogP contribution in [0.25, 0.3) is 5.57 Å². The van der Waals surface area contributed by atoms with Gasteiger partial charge < -0.3 is 4.74 Å². The van der Waals surface area contributed by atoms with Crippen molar-refractivity contribution in [3.8, 4) is 0 Å². The maximum atomic E-state index is 11.9. The molecule has 0 spiro atoms. The van der Waals surface area contributed by atoms with E-state index in [4.69, 9.17) is 4.74 Å². The van der Waals surface area contributed by atoms with E-state index in [0.717, 1.165) is 11.1 Å². The van der Waals surface area contributed by atoms with Gasteiger partial charge in [-0.1, -0.05) is 30.3 Å². The molecule has 0 bridgehead atoms. The van der Waals surface area contributed by atoms with Crippen LogP contribution in [0.4, 0.5) is 0 Å². The lowest BCUT2D eigenvalue weighted by molar-refractivity contribution is -0.137. The van der Waals surface area contributed by atoms with Crippen molar-refractivity contribution < 1.29 is 17.9 Å². The van der Waals surface area contributed by atoms with E-state index in [1.165, 1.54) is 10.6 Å². The highest BCUT2D eigenvalue weighted by molar-refractivity contribution is 7.88. The number of hydrogen-bond acceptors (Lipinski definition) is 4. The minimum absolute atomic E-state index is 0.153. The minimum atomic E-state index is -3.15. The van der Waals surface area contributed by atoms with Crippen molar-refractivity contribution in [2.75, 3.05) is 26.0 Å². The van der Waals surface area contributed by atoms with E-state index in [2.05, 4.69) is 0 Å². The van der Waals surface area contributed by atoms with Crippen molar-refractivity contribution in [1.29, 1.82) is 0 Å². The van der Waals surface area contributed by atoms with Gasteiger partial charge in [-0.3, -0.25) is 0 Å². The first-order chi connectivity index (χ1) is 10.9. The van der Waals surface area contributed by atoms with E-state index < -0.39 is 10.0 Å². The molecular weight excluding hydrogens is 314 g/mol. The van der Waals surface area contributed by atoms with Crippen LogP contribution >= 0.6 is 0 Å². The lowest BCUT2D eigenvalue weighted by Gasteiger charge is -2.31. The molecule has 0 radical (unpaired) electrons. The van der Waals surface area contributed by atoms with Gasteiger partial charge >= 0.3 is 5.97 Å². The maximum Gasteiger partial charge on any atom is 0.331 e. The highest BCUT2D eigenvalue weighted by atomic mass is 32.2.